The van der Waals surface area contributed by atoms with Crippen LogP contribution in [-0.4, -0.2) is 42.8 Å². The van der Waals surface area contributed by atoms with Crippen molar-refractivity contribution in [3.8, 4) is 34.5 Å². The SMILES string of the molecule is CC(C)[C@@H]1CC[C@@H](C)C[C@H]1OCc1cc(O)c2c(O)c3c(O)cc(=O)c4c5c(O)cc(O)c6c(O)c7c(=O)cc(CO[C@@H]8C[C@H](C)CC[C@H]8C(C)C)c8c1c2c(c34)c(c65)c78. The summed E-state index contributed by atoms with van der Waals surface area (Å²) in [5.74, 6) is -0.441. The van der Waals surface area contributed by atoms with Crippen LogP contribution in [-0.2, 0) is 22.7 Å². The third-order valence-electron chi connectivity index (χ3n) is 14.8. The van der Waals surface area contributed by atoms with E-state index in [2.05, 4.69) is 41.5 Å². The molecule has 0 amide bonds. The Labute approximate surface area is 345 Å². The van der Waals surface area contributed by atoms with Gasteiger partial charge in [-0.05, 0) is 95.2 Å². The van der Waals surface area contributed by atoms with Gasteiger partial charge in [0, 0.05) is 55.2 Å². The minimum absolute atomic E-state index is 0.00873. The van der Waals surface area contributed by atoms with Gasteiger partial charge in [0.1, 0.15) is 34.5 Å². The van der Waals surface area contributed by atoms with E-state index >= 15 is 0 Å². The molecule has 2 saturated carbocycles. The van der Waals surface area contributed by atoms with Gasteiger partial charge >= 0.3 is 0 Å². The van der Waals surface area contributed by atoms with Gasteiger partial charge in [-0.3, -0.25) is 9.59 Å². The molecule has 8 aromatic carbocycles. The molecule has 0 radical (unpaired) electrons. The fraction of sp³-hybridized carbons (Fsp3) is 0.440. The minimum Gasteiger partial charge on any atom is -0.507 e. The highest BCUT2D eigenvalue weighted by atomic mass is 16.5. The maximum Gasteiger partial charge on any atom is 0.190 e. The van der Waals surface area contributed by atoms with Crippen LogP contribution in [0.1, 0.15) is 91.2 Å². The highest BCUT2D eigenvalue weighted by Crippen LogP contribution is 2.60. The second-order valence-corrected chi connectivity index (χ2v) is 19.2. The van der Waals surface area contributed by atoms with Crippen molar-refractivity contribution >= 4 is 75.4 Å². The minimum atomic E-state index is -0.669. The molecule has 312 valence electrons. The van der Waals surface area contributed by atoms with Crippen LogP contribution in [0.25, 0.3) is 75.4 Å². The Balaban J connectivity index is 1.38. The highest BCUT2D eigenvalue weighted by Gasteiger charge is 2.37. The van der Waals surface area contributed by atoms with Gasteiger partial charge < -0.3 is 40.1 Å². The summed E-state index contributed by atoms with van der Waals surface area (Å²) in [5, 5.41) is 73.4. The van der Waals surface area contributed by atoms with Crippen molar-refractivity contribution in [1.82, 2.24) is 0 Å². The molecule has 0 heterocycles. The van der Waals surface area contributed by atoms with Crippen molar-refractivity contribution in [3.63, 3.8) is 0 Å². The van der Waals surface area contributed by atoms with E-state index < -0.39 is 39.6 Å². The molecule has 0 bridgehead atoms. The first-order valence-electron chi connectivity index (χ1n) is 21.6. The summed E-state index contributed by atoms with van der Waals surface area (Å²) in [7, 11) is 0. The number of benzene rings is 8. The lowest BCUT2D eigenvalue weighted by Gasteiger charge is -2.37. The smallest absolute Gasteiger partial charge is 0.190 e. The number of fused-ring (bicyclic) bond motifs is 2. The molecule has 10 nitrogen and oxygen atoms in total. The third-order valence-corrected chi connectivity index (χ3v) is 14.8. The monoisotopic (exact) mass is 812 g/mol. The van der Waals surface area contributed by atoms with Gasteiger partial charge in [-0.1, -0.05) is 54.4 Å². The van der Waals surface area contributed by atoms with Crippen LogP contribution in [0, 0.1) is 35.5 Å². The molecule has 0 aliphatic heterocycles. The second-order valence-electron chi connectivity index (χ2n) is 19.2. The van der Waals surface area contributed by atoms with Gasteiger partial charge in [-0.25, -0.2) is 0 Å². The summed E-state index contributed by atoms with van der Waals surface area (Å²) < 4.78 is 13.8. The second kappa shape index (κ2) is 13.6. The highest BCUT2D eigenvalue weighted by molar-refractivity contribution is 6.51. The van der Waals surface area contributed by atoms with Gasteiger partial charge in [0.25, 0.3) is 0 Å². The maximum atomic E-state index is 14.6. The largest absolute Gasteiger partial charge is 0.507 e. The van der Waals surface area contributed by atoms with Crippen LogP contribution in [0.5, 0.6) is 34.5 Å². The quantitative estimate of drug-likeness (QED) is 0.0640. The van der Waals surface area contributed by atoms with Gasteiger partial charge in [0.2, 0.25) is 0 Å². The van der Waals surface area contributed by atoms with E-state index in [-0.39, 0.29) is 74.3 Å². The molecule has 60 heavy (non-hydrogen) atoms. The van der Waals surface area contributed by atoms with Crippen LogP contribution < -0.4 is 10.9 Å². The van der Waals surface area contributed by atoms with Crippen molar-refractivity contribution in [2.24, 2.45) is 35.5 Å². The fourth-order valence-electron chi connectivity index (χ4n) is 12.0. The Morgan fingerprint density at radius 3 is 1.38 bits per heavy atom. The normalized spacial score (nSPS) is 23.2. The van der Waals surface area contributed by atoms with E-state index in [0.717, 1.165) is 50.7 Å². The summed E-state index contributed by atoms with van der Waals surface area (Å²) in [4.78, 5) is 28.7. The number of hydrogen-bond acceptors (Lipinski definition) is 10. The van der Waals surface area contributed by atoms with Gasteiger partial charge in [-0.15, -0.1) is 0 Å². The van der Waals surface area contributed by atoms with E-state index in [1.54, 1.807) is 6.07 Å². The van der Waals surface area contributed by atoms with Crippen molar-refractivity contribution < 1.29 is 40.1 Å². The van der Waals surface area contributed by atoms with Crippen molar-refractivity contribution in [3.05, 3.63) is 55.8 Å². The molecular formula is C50H52O10. The molecule has 2 aliphatic carbocycles. The first kappa shape index (κ1) is 38.9. The third kappa shape index (κ3) is 5.32. The van der Waals surface area contributed by atoms with E-state index in [4.69, 9.17) is 9.47 Å². The number of phenols is 6. The molecule has 0 spiro atoms. The van der Waals surface area contributed by atoms with E-state index in [0.29, 0.717) is 79.0 Å². The van der Waals surface area contributed by atoms with Crippen LogP contribution >= 0.6 is 0 Å². The molecule has 6 N–H and O–H groups in total. The van der Waals surface area contributed by atoms with E-state index in [1.165, 1.54) is 6.07 Å². The van der Waals surface area contributed by atoms with E-state index in [1.807, 2.05) is 0 Å². The lowest BCUT2D eigenvalue weighted by atomic mass is 9.75. The van der Waals surface area contributed by atoms with E-state index in [9.17, 15) is 40.2 Å². The first-order chi connectivity index (χ1) is 28.6. The van der Waals surface area contributed by atoms with Crippen LogP contribution in [0.3, 0.4) is 0 Å². The number of aromatic hydroxyl groups is 6. The van der Waals surface area contributed by atoms with Crippen LogP contribution in [0.2, 0.25) is 0 Å². The Bertz CT molecular complexity index is 3130. The Morgan fingerprint density at radius 2 is 0.850 bits per heavy atom. The Kier molecular flexibility index (Phi) is 8.80. The molecule has 0 saturated heterocycles. The number of phenolic OH excluding ortho intramolecular Hbond substituents is 6. The predicted molar refractivity (Wildman–Crippen MR) is 236 cm³/mol. The first-order valence-corrected chi connectivity index (χ1v) is 21.6. The topological polar surface area (TPSA) is 174 Å². The van der Waals surface area contributed by atoms with Gasteiger partial charge in [-0.2, -0.15) is 0 Å². The summed E-state index contributed by atoms with van der Waals surface area (Å²) in [6, 6.07) is 5.03. The molecule has 10 rings (SSSR count). The molecule has 2 aliphatic rings. The Morgan fingerprint density at radius 1 is 0.467 bits per heavy atom. The summed E-state index contributed by atoms with van der Waals surface area (Å²) in [5.41, 5.74) is -0.0759. The number of hydrogen-bond donors (Lipinski definition) is 6. The van der Waals surface area contributed by atoms with Crippen LogP contribution in [0.15, 0.2) is 33.9 Å². The lowest BCUT2D eigenvalue weighted by molar-refractivity contribution is -0.0472. The fourth-order valence-corrected chi connectivity index (χ4v) is 12.0. The number of rotatable bonds is 8. The molecular weight excluding hydrogens is 761 g/mol. The molecule has 0 aromatic heterocycles. The maximum absolute atomic E-state index is 14.6. The summed E-state index contributed by atoms with van der Waals surface area (Å²) in [6.07, 6.45) is 5.85. The van der Waals surface area contributed by atoms with Gasteiger partial charge in [0.15, 0.2) is 10.9 Å². The van der Waals surface area contributed by atoms with Crippen molar-refractivity contribution in [1.29, 1.82) is 0 Å². The number of ether oxygens (including phenoxy) is 2. The summed E-state index contributed by atoms with van der Waals surface area (Å²) >= 11 is 0. The molecule has 0 unspecified atom stereocenters. The average molecular weight is 813 g/mol. The lowest BCUT2D eigenvalue weighted by Crippen LogP contribution is -2.34. The molecule has 10 heteroatoms. The Hall–Kier alpha value is -5.32. The zero-order chi connectivity index (χ0) is 42.4. The average Bonchev–Trinajstić information content (AvgIpc) is 3.17. The van der Waals surface area contributed by atoms with Crippen molar-refractivity contribution in [2.75, 3.05) is 0 Å². The van der Waals surface area contributed by atoms with Crippen LogP contribution in [0.4, 0.5) is 0 Å². The molecule has 2 fully saturated rings. The molecule has 6 atom stereocenters. The standard InChI is InChI=1S/C50H52O10/c1-19(2)25-9-7-21(5)11-33(25)59-17-23-13-27(51)39-43-35(23)36-24(18-60-34-12-22(6)8-10-26(34)20(3)4)14-28(52)40-44(36)48-46-38(30(54)16-32(56)42(46)50(40)58)37-29(53)15-31(55)41(49(39)57)45(37)47(43)48/h13-16,19-22,25-26,33-34,51,54-58H,7-12,17-18H2,1-6H3/t21-,22-,25+,26+,33-,34-/m1/s1. The zero-order valence-corrected chi connectivity index (χ0v) is 34.9. The summed E-state index contributed by atoms with van der Waals surface area (Å²) in [6.45, 7) is 13.4. The van der Waals surface area contributed by atoms with Crippen molar-refractivity contribution in [2.45, 2.75) is 105 Å². The molecule has 8 aromatic rings. The predicted octanol–water partition coefficient (Wildman–Crippen LogP) is 10.4. The zero-order valence-electron chi connectivity index (χ0n) is 34.9. The van der Waals surface area contributed by atoms with Gasteiger partial charge in [0.05, 0.1) is 47.0 Å².